The Balaban J connectivity index is 0.00000112. The van der Waals surface area contributed by atoms with Gasteiger partial charge in [0, 0.05) is 0 Å². The molecule has 5 aromatic rings. The van der Waals surface area contributed by atoms with E-state index in [2.05, 4.69) is 0 Å². The maximum absolute atomic E-state index is 11.6. The molecule has 0 heterocycles. The van der Waals surface area contributed by atoms with Gasteiger partial charge in [0.25, 0.3) is 0 Å². The molecule has 0 aliphatic heterocycles. The first kappa shape index (κ1) is 18.3. The molecule has 5 heteroatoms. The Bertz CT molecular complexity index is 1270. The van der Waals surface area contributed by atoms with Crippen LogP contribution in [0.1, 0.15) is 22.1 Å². The van der Waals surface area contributed by atoms with Crippen molar-refractivity contribution in [2.45, 2.75) is 0 Å². The Hall–Kier alpha value is -2.02. The van der Waals surface area contributed by atoms with Gasteiger partial charge in [0.05, 0.1) is 11.1 Å². The molecular formula is C22H13KO4. The Morgan fingerprint density at radius 3 is 1.26 bits per heavy atom. The molecule has 0 atom stereocenters. The van der Waals surface area contributed by atoms with Crippen molar-refractivity contribution in [1.29, 1.82) is 0 Å². The molecule has 0 amide bonds. The molecule has 0 saturated heterocycles. The molecule has 0 aliphatic rings. The first-order valence-electron chi connectivity index (χ1n) is 8.16. The van der Waals surface area contributed by atoms with Crippen molar-refractivity contribution < 1.29 is 72.6 Å². The van der Waals surface area contributed by atoms with Crippen LogP contribution in [0.5, 0.6) is 0 Å². The van der Waals surface area contributed by atoms with Gasteiger partial charge in [-0.05, 0) is 55.2 Å². The van der Waals surface area contributed by atoms with Gasteiger partial charge in [-0.3, -0.25) is 0 Å². The summed E-state index contributed by atoms with van der Waals surface area (Å²) in [5.74, 6) is -1.92. The van der Waals surface area contributed by atoms with Gasteiger partial charge >= 0.3 is 63.3 Å². The zero-order chi connectivity index (χ0) is 18.0. The summed E-state index contributed by atoms with van der Waals surface area (Å²) in [7, 11) is 0. The molecule has 0 radical (unpaired) electrons. The van der Waals surface area contributed by atoms with E-state index in [0.717, 1.165) is 32.3 Å². The summed E-state index contributed by atoms with van der Waals surface area (Å²) in [6, 6.07) is 18.1. The first-order valence-corrected chi connectivity index (χ1v) is 8.16. The summed E-state index contributed by atoms with van der Waals surface area (Å²) >= 11 is 0. The molecule has 27 heavy (non-hydrogen) atoms. The molecule has 126 valence electrons. The average molecular weight is 380 g/mol. The minimum Gasteiger partial charge on any atom is -1.00 e. The third kappa shape index (κ3) is 2.51. The van der Waals surface area contributed by atoms with Gasteiger partial charge in [0.1, 0.15) is 0 Å². The average Bonchev–Trinajstić information content (AvgIpc) is 2.64. The van der Waals surface area contributed by atoms with Crippen molar-refractivity contribution in [2.75, 3.05) is 0 Å². The summed E-state index contributed by atoms with van der Waals surface area (Å²) in [5.41, 5.74) is 0.534. The van der Waals surface area contributed by atoms with Crippen LogP contribution in [0.3, 0.4) is 0 Å². The third-order valence-electron chi connectivity index (χ3n) is 5.12. The van der Waals surface area contributed by atoms with E-state index in [0.29, 0.717) is 10.8 Å². The fourth-order valence-corrected chi connectivity index (χ4v) is 4.08. The van der Waals surface area contributed by atoms with Gasteiger partial charge in [-0.2, -0.15) is 0 Å². The summed E-state index contributed by atoms with van der Waals surface area (Å²) in [6.45, 7) is 0. The van der Waals surface area contributed by atoms with Crippen LogP contribution in [0.15, 0.2) is 60.7 Å². The first-order chi connectivity index (χ1) is 12.6. The molecule has 4 nitrogen and oxygen atoms in total. The molecule has 0 saturated carbocycles. The molecule has 0 fully saturated rings. The van der Waals surface area contributed by atoms with E-state index in [1.165, 1.54) is 0 Å². The number of aromatic carboxylic acids is 2. The largest absolute Gasteiger partial charge is 1.00 e. The van der Waals surface area contributed by atoms with Crippen molar-refractivity contribution in [3.05, 3.63) is 71.8 Å². The zero-order valence-corrected chi connectivity index (χ0v) is 17.6. The fourth-order valence-electron chi connectivity index (χ4n) is 4.08. The number of carboxylic acid groups (broad SMARTS) is 2. The summed E-state index contributed by atoms with van der Waals surface area (Å²) in [6.07, 6.45) is 0. The molecule has 0 bridgehead atoms. The molecule has 5 aromatic carbocycles. The zero-order valence-electron chi connectivity index (χ0n) is 15.5. The third-order valence-corrected chi connectivity index (χ3v) is 5.12. The van der Waals surface area contributed by atoms with Crippen LogP contribution in [0.4, 0.5) is 0 Å². The van der Waals surface area contributed by atoms with Gasteiger partial charge in [-0.25, -0.2) is 9.59 Å². The van der Waals surface area contributed by atoms with Crippen LogP contribution in [0.2, 0.25) is 0 Å². The standard InChI is InChI=1S/C22H12O4.K.H/c23-21(24)17-9-8-16-12-4-2-6-14-18(22(25)26)10-7-15(20(12)14)11-3-1-5-13(17)19(11)16;;/h1-10H,(H,23,24)(H,25,26);;/q;+1;-1. The van der Waals surface area contributed by atoms with Crippen molar-refractivity contribution in [3.63, 3.8) is 0 Å². The van der Waals surface area contributed by atoms with E-state index in [-0.39, 0.29) is 63.9 Å². The Labute approximate surface area is 197 Å². The van der Waals surface area contributed by atoms with Crippen molar-refractivity contribution in [2.24, 2.45) is 0 Å². The summed E-state index contributed by atoms with van der Waals surface area (Å²) in [5, 5.41) is 26.0. The smallest absolute Gasteiger partial charge is 1.00 e. The van der Waals surface area contributed by atoms with Crippen LogP contribution < -0.4 is 51.4 Å². The second-order valence-electron chi connectivity index (χ2n) is 6.39. The van der Waals surface area contributed by atoms with Gasteiger partial charge in [-0.1, -0.05) is 48.5 Å². The molecular weight excluding hydrogens is 367 g/mol. The van der Waals surface area contributed by atoms with Crippen molar-refractivity contribution in [3.8, 4) is 0 Å². The number of carbonyl (C=O) groups is 2. The SMILES string of the molecule is O=C(O)c1ccc2c3cccc4c(C(=O)O)ccc(c5cccc1c52)c43.[H-].[K+]. The van der Waals surface area contributed by atoms with E-state index >= 15 is 0 Å². The summed E-state index contributed by atoms with van der Waals surface area (Å²) < 4.78 is 0. The fraction of sp³-hybridized carbons (Fsp3) is 0. The van der Waals surface area contributed by atoms with Gasteiger partial charge < -0.3 is 11.6 Å². The maximum atomic E-state index is 11.6. The second-order valence-corrected chi connectivity index (χ2v) is 6.39. The van der Waals surface area contributed by atoms with E-state index < -0.39 is 11.9 Å². The Morgan fingerprint density at radius 1 is 0.556 bits per heavy atom. The quantitative estimate of drug-likeness (QED) is 0.280. The van der Waals surface area contributed by atoms with E-state index in [9.17, 15) is 19.8 Å². The number of carboxylic acids is 2. The van der Waals surface area contributed by atoms with E-state index in [1.807, 2.05) is 48.5 Å². The molecule has 0 aromatic heterocycles. The van der Waals surface area contributed by atoms with Gasteiger partial charge in [0.15, 0.2) is 0 Å². The van der Waals surface area contributed by atoms with Gasteiger partial charge in [0.2, 0.25) is 0 Å². The van der Waals surface area contributed by atoms with Crippen LogP contribution in [0.25, 0.3) is 43.1 Å². The summed E-state index contributed by atoms with van der Waals surface area (Å²) in [4.78, 5) is 23.3. The van der Waals surface area contributed by atoms with Crippen molar-refractivity contribution >= 4 is 55.0 Å². The number of benzene rings is 5. The van der Waals surface area contributed by atoms with E-state index in [1.54, 1.807) is 12.1 Å². The molecule has 2 N–H and O–H groups in total. The van der Waals surface area contributed by atoms with Crippen LogP contribution in [-0.4, -0.2) is 22.2 Å². The Kier molecular flexibility index (Phi) is 4.45. The maximum Gasteiger partial charge on any atom is 1.00 e. The number of hydrogen-bond donors (Lipinski definition) is 2. The minimum atomic E-state index is -0.959. The second kappa shape index (κ2) is 6.54. The number of rotatable bonds is 2. The molecule has 0 spiro atoms. The Morgan fingerprint density at radius 2 is 0.889 bits per heavy atom. The molecule has 0 aliphatic carbocycles. The predicted molar refractivity (Wildman–Crippen MR) is 103 cm³/mol. The topological polar surface area (TPSA) is 74.6 Å². The normalized spacial score (nSPS) is 11.3. The molecule has 5 rings (SSSR count). The monoisotopic (exact) mass is 380 g/mol. The van der Waals surface area contributed by atoms with Crippen LogP contribution in [-0.2, 0) is 0 Å². The predicted octanol–water partition coefficient (Wildman–Crippen LogP) is 2.25. The van der Waals surface area contributed by atoms with Crippen LogP contribution in [0, 0.1) is 0 Å². The van der Waals surface area contributed by atoms with Crippen LogP contribution >= 0.6 is 0 Å². The minimum absolute atomic E-state index is 0. The van der Waals surface area contributed by atoms with Gasteiger partial charge in [-0.15, -0.1) is 0 Å². The molecule has 0 unspecified atom stereocenters. The number of hydrogen-bond acceptors (Lipinski definition) is 2. The number of fused-ring (bicyclic) bond motifs is 2. The van der Waals surface area contributed by atoms with E-state index in [4.69, 9.17) is 0 Å². The van der Waals surface area contributed by atoms with Crippen molar-refractivity contribution in [1.82, 2.24) is 0 Å².